The Kier molecular flexibility index (Phi) is 4.12. The van der Waals surface area contributed by atoms with Crippen LogP contribution in [0.5, 0.6) is 0 Å². The second-order valence-corrected chi connectivity index (χ2v) is 5.67. The van der Waals surface area contributed by atoms with Gasteiger partial charge in [0.25, 0.3) is 0 Å². The van der Waals surface area contributed by atoms with Crippen LogP contribution in [0.1, 0.15) is 20.3 Å². The van der Waals surface area contributed by atoms with E-state index in [0.717, 1.165) is 21.5 Å². The second-order valence-electron chi connectivity index (χ2n) is 3.44. The van der Waals surface area contributed by atoms with Gasteiger partial charge in [-0.05, 0) is 28.3 Å². The maximum Gasteiger partial charge on any atom is 0.208 e. The molecule has 3 nitrogen and oxygen atoms in total. The first-order chi connectivity index (χ1) is 6.09. The number of nitrogens with zero attached hydrogens (tertiary/aromatic N) is 3. The van der Waals surface area contributed by atoms with Gasteiger partial charge < -0.3 is 4.90 Å². The molecule has 1 rings (SSSR count). The van der Waals surface area contributed by atoms with E-state index in [1.807, 2.05) is 0 Å². The minimum absolute atomic E-state index is 0.735. The van der Waals surface area contributed by atoms with Crippen LogP contribution in [-0.4, -0.2) is 23.8 Å². The molecule has 0 atom stereocenters. The third-order valence-corrected chi connectivity index (χ3v) is 3.23. The largest absolute Gasteiger partial charge is 0.350 e. The Morgan fingerprint density at radius 3 is 2.62 bits per heavy atom. The topological polar surface area (TPSA) is 29.0 Å². The second kappa shape index (κ2) is 4.91. The molecule has 0 N–H and O–H groups in total. The van der Waals surface area contributed by atoms with Gasteiger partial charge in [-0.3, -0.25) is 0 Å². The van der Waals surface area contributed by atoms with E-state index in [0.29, 0.717) is 0 Å². The molecule has 0 aliphatic rings. The van der Waals surface area contributed by atoms with Crippen LogP contribution >= 0.6 is 27.3 Å². The standard InChI is InChI=1S/C8H14BrN3S/c1-6(2)4-5-12(3)8-11-10-7(9)13-8/h6H,4-5H2,1-3H3. The maximum absolute atomic E-state index is 4.04. The summed E-state index contributed by atoms with van der Waals surface area (Å²) in [6.45, 7) is 5.49. The first kappa shape index (κ1) is 10.9. The van der Waals surface area contributed by atoms with Gasteiger partial charge in [-0.15, -0.1) is 10.2 Å². The van der Waals surface area contributed by atoms with Crippen LogP contribution in [0.15, 0.2) is 3.92 Å². The molecule has 0 aliphatic carbocycles. The van der Waals surface area contributed by atoms with Crippen LogP contribution < -0.4 is 4.90 Å². The number of hydrogen-bond donors (Lipinski definition) is 0. The minimum Gasteiger partial charge on any atom is -0.350 e. The van der Waals surface area contributed by atoms with Crippen LogP contribution in [0, 0.1) is 5.92 Å². The molecule has 1 aromatic heterocycles. The SMILES string of the molecule is CC(C)CCN(C)c1nnc(Br)s1. The first-order valence-electron chi connectivity index (χ1n) is 4.29. The van der Waals surface area contributed by atoms with Crippen molar-refractivity contribution in [1.29, 1.82) is 0 Å². The van der Waals surface area contributed by atoms with Crippen molar-refractivity contribution in [2.75, 3.05) is 18.5 Å². The Morgan fingerprint density at radius 1 is 1.46 bits per heavy atom. The molecular weight excluding hydrogens is 250 g/mol. The number of halogens is 1. The summed E-state index contributed by atoms with van der Waals surface area (Å²) in [7, 11) is 2.05. The van der Waals surface area contributed by atoms with Gasteiger partial charge in [0.1, 0.15) is 0 Å². The van der Waals surface area contributed by atoms with E-state index < -0.39 is 0 Å². The van der Waals surface area contributed by atoms with Crippen LogP contribution in [0.2, 0.25) is 0 Å². The monoisotopic (exact) mass is 263 g/mol. The van der Waals surface area contributed by atoms with Gasteiger partial charge in [0.2, 0.25) is 5.13 Å². The average molecular weight is 264 g/mol. The Hall–Kier alpha value is -0.160. The predicted octanol–water partition coefficient (Wildman–Crippen LogP) is 2.78. The highest BCUT2D eigenvalue weighted by Crippen LogP contribution is 2.23. The zero-order valence-corrected chi connectivity index (χ0v) is 10.5. The Bertz CT molecular complexity index is 262. The van der Waals surface area contributed by atoms with E-state index in [4.69, 9.17) is 0 Å². The van der Waals surface area contributed by atoms with Crippen molar-refractivity contribution in [3.63, 3.8) is 0 Å². The molecule has 0 fully saturated rings. The lowest BCUT2D eigenvalue weighted by Crippen LogP contribution is -2.19. The Balaban J connectivity index is 2.44. The molecule has 13 heavy (non-hydrogen) atoms. The highest BCUT2D eigenvalue weighted by Gasteiger charge is 2.07. The molecule has 0 unspecified atom stereocenters. The summed E-state index contributed by atoms with van der Waals surface area (Å²) in [4.78, 5) is 2.14. The summed E-state index contributed by atoms with van der Waals surface area (Å²) in [6.07, 6.45) is 1.19. The molecule has 0 radical (unpaired) electrons. The molecule has 0 bridgehead atoms. The normalized spacial score (nSPS) is 10.8. The molecule has 0 aromatic carbocycles. The number of anilines is 1. The fourth-order valence-corrected chi connectivity index (χ4v) is 1.97. The van der Waals surface area contributed by atoms with E-state index in [1.165, 1.54) is 6.42 Å². The van der Waals surface area contributed by atoms with Gasteiger partial charge in [0, 0.05) is 13.6 Å². The summed E-state index contributed by atoms with van der Waals surface area (Å²) >= 11 is 4.87. The fourth-order valence-electron chi connectivity index (χ4n) is 0.900. The van der Waals surface area contributed by atoms with Crippen molar-refractivity contribution < 1.29 is 0 Å². The summed E-state index contributed by atoms with van der Waals surface area (Å²) < 4.78 is 0.846. The molecule has 0 saturated carbocycles. The highest BCUT2D eigenvalue weighted by atomic mass is 79.9. The van der Waals surface area contributed by atoms with Crippen molar-refractivity contribution >= 4 is 32.4 Å². The average Bonchev–Trinajstić information content (AvgIpc) is 2.47. The third kappa shape index (κ3) is 3.60. The van der Waals surface area contributed by atoms with Crippen molar-refractivity contribution in [3.05, 3.63) is 3.92 Å². The lowest BCUT2D eigenvalue weighted by Gasteiger charge is -2.15. The summed E-state index contributed by atoms with van der Waals surface area (Å²) in [5.41, 5.74) is 0. The molecule has 1 heterocycles. The Morgan fingerprint density at radius 2 is 2.15 bits per heavy atom. The molecule has 0 spiro atoms. The van der Waals surface area contributed by atoms with Gasteiger partial charge >= 0.3 is 0 Å². The molecule has 5 heteroatoms. The van der Waals surface area contributed by atoms with Crippen LogP contribution in [0.4, 0.5) is 5.13 Å². The highest BCUT2D eigenvalue weighted by molar-refractivity contribution is 9.11. The first-order valence-corrected chi connectivity index (χ1v) is 5.90. The summed E-state index contributed by atoms with van der Waals surface area (Å²) in [5, 5.41) is 8.93. The number of aromatic nitrogens is 2. The van der Waals surface area contributed by atoms with E-state index in [1.54, 1.807) is 11.3 Å². The quantitative estimate of drug-likeness (QED) is 0.837. The van der Waals surface area contributed by atoms with Crippen LogP contribution in [-0.2, 0) is 0 Å². The van der Waals surface area contributed by atoms with Gasteiger partial charge in [-0.1, -0.05) is 25.2 Å². The Labute approximate surface area is 91.3 Å². The van der Waals surface area contributed by atoms with Crippen LogP contribution in [0.3, 0.4) is 0 Å². The van der Waals surface area contributed by atoms with E-state index >= 15 is 0 Å². The minimum atomic E-state index is 0.735. The molecular formula is C8H14BrN3S. The maximum atomic E-state index is 4.04. The van der Waals surface area contributed by atoms with Crippen LogP contribution in [0.25, 0.3) is 0 Å². The molecule has 0 saturated heterocycles. The molecule has 74 valence electrons. The van der Waals surface area contributed by atoms with Gasteiger partial charge in [-0.2, -0.15) is 0 Å². The lowest BCUT2D eigenvalue weighted by atomic mass is 10.1. The lowest BCUT2D eigenvalue weighted by molar-refractivity contribution is 0.584. The predicted molar refractivity (Wildman–Crippen MR) is 60.3 cm³/mol. The third-order valence-electron chi connectivity index (χ3n) is 1.76. The van der Waals surface area contributed by atoms with Gasteiger partial charge in [0.15, 0.2) is 3.92 Å². The summed E-state index contributed by atoms with van der Waals surface area (Å²) in [5.74, 6) is 0.735. The molecule has 1 aromatic rings. The summed E-state index contributed by atoms with van der Waals surface area (Å²) in [6, 6.07) is 0. The van der Waals surface area contributed by atoms with Crippen molar-refractivity contribution in [2.45, 2.75) is 20.3 Å². The van der Waals surface area contributed by atoms with Crippen molar-refractivity contribution in [2.24, 2.45) is 5.92 Å². The van der Waals surface area contributed by atoms with Crippen molar-refractivity contribution in [3.8, 4) is 0 Å². The smallest absolute Gasteiger partial charge is 0.208 e. The van der Waals surface area contributed by atoms with Crippen molar-refractivity contribution in [1.82, 2.24) is 10.2 Å². The van der Waals surface area contributed by atoms with E-state index in [9.17, 15) is 0 Å². The zero-order chi connectivity index (χ0) is 9.84. The van der Waals surface area contributed by atoms with E-state index in [-0.39, 0.29) is 0 Å². The zero-order valence-electron chi connectivity index (χ0n) is 8.12. The molecule has 0 amide bonds. The fraction of sp³-hybridized carbons (Fsp3) is 0.750. The number of hydrogen-bond acceptors (Lipinski definition) is 4. The number of rotatable bonds is 4. The van der Waals surface area contributed by atoms with Gasteiger partial charge in [-0.25, -0.2) is 0 Å². The van der Waals surface area contributed by atoms with E-state index in [2.05, 4.69) is 51.9 Å². The van der Waals surface area contributed by atoms with Gasteiger partial charge in [0.05, 0.1) is 0 Å². The molecule has 0 aliphatic heterocycles.